The molecule has 0 saturated carbocycles. The van der Waals surface area contributed by atoms with Crippen molar-refractivity contribution in [1.29, 1.82) is 0 Å². The molecule has 0 aliphatic carbocycles. The van der Waals surface area contributed by atoms with Crippen molar-refractivity contribution in [1.82, 2.24) is 9.88 Å². The predicted molar refractivity (Wildman–Crippen MR) is 81.1 cm³/mol. The summed E-state index contributed by atoms with van der Waals surface area (Å²) in [5.74, 6) is 0. The van der Waals surface area contributed by atoms with E-state index in [1.165, 1.54) is 29.2 Å². The highest BCUT2D eigenvalue weighted by atomic mass is 15.1. The molecule has 1 atom stereocenters. The smallest absolute Gasteiger partial charge is 0.0488 e. The first kappa shape index (κ1) is 14.0. The zero-order chi connectivity index (χ0) is 13.7. The quantitative estimate of drug-likeness (QED) is 0.865. The molecule has 19 heavy (non-hydrogen) atoms. The van der Waals surface area contributed by atoms with Crippen molar-refractivity contribution >= 4 is 10.8 Å². The van der Waals surface area contributed by atoms with Gasteiger partial charge in [0.15, 0.2) is 0 Å². The summed E-state index contributed by atoms with van der Waals surface area (Å²) in [6, 6.07) is 8.62. The SMILES string of the molecule is CCCCN(C)C(CN)c1cncc2ccccc12. The largest absolute Gasteiger partial charge is 0.329 e. The normalized spacial score (nSPS) is 13.1. The third kappa shape index (κ3) is 3.11. The average Bonchev–Trinajstić information content (AvgIpc) is 2.46. The van der Waals surface area contributed by atoms with Crippen LogP contribution in [-0.4, -0.2) is 30.0 Å². The van der Waals surface area contributed by atoms with E-state index in [0.29, 0.717) is 6.54 Å². The molecule has 1 unspecified atom stereocenters. The zero-order valence-corrected chi connectivity index (χ0v) is 11.8. The van der Waals surface area contributed by atoms with Crippen molar-refractivity contribution in [2.45, 2.75) is 25.8 Å². The van der Waals surface area contributed by atoms with E-state index in [1.54, 1.807) is 0 Å². The Labute approximate surface area is 115 Å². The number of rotatable bonds is 6. The van der Waals surface area contributed by atoms with Crippen molar-refractivity contribution in [2.75, 3.05) is 20.1 Å². The van der Waals surface area contributed by atoms with E-state index in [2.05, 4.69) is 42.1 Å². The van der Waals surface area contributed by atoms with Gasteiger partial charge >= 0.3 is 0 Å². The molecular formula is C16H23N3. The molecule has 1 aromatic carbocycles. The summed E-state index contributed by atoms with van der Waals surface area (Å²) in [5, 5.41) is 2.44. The van der Waals surface area contributed by atoms with Gasteiger partial charge in [-0.2, -0.15) is 0 Å². The Morgan fingerprint density at radius 2 is 2.05 bits per heavy atom. The Balaban J connectivity index is 2.35. The number of nitrogens with zero attached hydrogens (tertiary/aromatic N) is 2. The van der Waals surface area contributed by atoms with Crippen LogP contribution in [0.25, 0.3) is 10.8 Å². The summed E-state index contributed by atoms with van der Waals surface area (Å²) >= 11 is 0. The van der Waals surface area contributed by atoms with Crippen LogP contribution in [0.1, 0.15) is 31.4 Å². The summed E-state index contributed by atoms with van der Waals surface area (Å²) < 4.78 is 0. The van der Waals surface area contributed by atoms with E-state index >= 15 is 0 Å². The van der Waals surface area contributed by atoms with Crippen molar-refractivity contribution in [3.63, 3.8) is 0 Å². The minimum absolute atomic E-state index is 0.241. The van der Waals surface area contributed by atoms with E-state index < -0.39 is 0 Å². The third-order valence-electron chi connectivity index (χ3n) is 3.68. The second kappa shape index (κ2) is 6.64. The van der Waals surface area contributed by atoms with Gasteiger partial charge < -0.3 is 5.73 Å². The van der Waals surface area contributed by atoms with Gasteiger partial charge in [0, 0.05) is 30.4 Å². The Bertz CT molecular complexity index is 519. The van der Waals surface area contributed by atoms with Crippen LogP contribution in [0.2, 0.25) is 0 Å². The molecule has 0 amide bonds. The van der Waals surface area contributed by atoms with Crippen LogP contribution < -0.4 is 5.73 Å². The molecule has 1 aromatic heterocycles. The molecule has 0 aliphatic heterocycles. The molecular weight excluding hydrogens is 234 g/mol. The first-order chi connectivity index (χ1) is 9.27. The standard InChI is InChI=1S/C16H23N3/c1-3-4-9-19(2)16(10-17)15-12-18-11-13-7-5-6-8-14(13)15/h5-8,11-12,16H,3-4,9-10,17H2,1-2H3. The van der Waals surface area contributed by atoms with Crippen LogP contribution in [0, 0.1) is 0 Å². The molecule has 0 bridgehead atoms. The number of fused-ring (bicyclic) bond motifs is 1. The van der Waals surface area contributed by atoms with Crippen LogP contribution in [0.5, 0.6) is 0 Å². The maximum Gasteiger partial charge on any atom is 0.0488 e. The summed E-state index contributed by atoms with van der Waals surface area (Å²) in [7, 11) is 2.15. The lowest BCUT2D eigenvalue weighted by atomic mass is 10.0. The average molecular weight is 257 g/mol. The van der Waals surface area contributed by atoms with Crippen molar-refractivity contribution in [2.24, 2.45) is 5.73 Å². The first-order valence-corrected chi connectivity index (χ1v) is 7.01. The van der Waals surface area contributed by atoms with Crippen LogP contribution in [-0.2, 0) is 0 Å². The van der Waals surface area contributed by atoms with Crippen molar-refractivity contribution < 1.29 is 0 Å². The Morgan fingerprint density at radius 1 is 1.26 bits per heavy atom. The summed E-state index contributed by atoms with van der Waals surface area (Å²) in [6.07, 6.45) is 6.28. The first-order valence-electron chi connectivity index (χ1n) is 7.01. The van der Waals surface area contributed by atoms with Crippen LogP contribution in [0.3, 0.4) is 0 Å². The number of aromatic nitrogens is 1. The number of hydrogen-bond donors (Lipinski definition) is 1. The Morgan fingerprint density at radius 3 is 2.79 bits per heavy atom. The number of unbranched alkanes of at least 4 members (excludes halogenated alkanes) is 1. The molecule has 1 heterocycles. The Kier molecular flexibility index (Phi) is 4.88. The van der Waals surface area contributed by atoms with Gasteiger partial charge in [0.2, 0.25) is 0 Å². The van der Waals surface area contributed by atoms with Gasteiger partial charge in [0.1, 0.15) is 0 Å². The molecule has 3 heteroatoms. The molecule has 2 N–H and O–H groups in total. The number of likely N-dealkylation sites (N-methyl/N-ethyl adjacent to an activating group) is 1. The summed E-state index contributed by atoms with van der Waals surface area (Å²) in [6.45, 7) is 3.91. The molecule has 3 nitrogen and oxygen atoms in total. The van der Waals surface area contributed by atoms with Crippen molar-refractivity contribution in [3.05, 3.63) is 42.2 Å². The van der Waals surface area contributed by atoms with Gasteiger partial charge in [0.05, 0.1) is 0 Å². The molecule has 2 aromatic rings. The van der Waals surface area contributed by atoms with Gasteiger partial charge in [-0.1, -0.05) is 37.6 Å². The number of pyridine rings is 1. The van der Waals surface area contributed by atoms with E-state index in [4.69, 9.17) is 5.73 Å². The number of hydrogen-bond acceptors (Lipinski definition) is 3. The number of nitrogens with two attached hydrogens (primary N) is 1. The lowest BCUT2D eigenvalue weighted by molar-refractivity contribution is 0.247. The van der Waals surface area contributed by atoms with Gasteiger partial charge in [0.25, 0.3) is 0 Å². The van der Waals surface area contributed by atoms with Gasteiger partial charge in [-0.15, -0.1) is 0 Å². The highest BCUT2D eigenvalue weighted by Crippen LogP contribution is 2.26. The number of benzene rings is 1. The minimum atomic E-state index is 0.241. The molecule has 0 radical (unpaired) electrons. The molecule has 0 fully saturated rings. The molecule has 0 spiro atoms. The van der Waals surface area contributed by atoms with Gasteiger partial charge in [-0.3, -0.25) is 9.88 Å². The Hall–Kier alpha value is -1.45. The van der Waals surface area contributed by atoms with E-state index in [9.17, 15) is 0 Å². The van der Waals surface area contributed by atoms with Crippen LogP contribution >= 0.6 is 0 Å². The van der Waals surface area contributed by atoms with Gasteiger partial charge in [-0.05, 0) is 31.0 Å². The monoisotopic (exact) mass is 257 g/mol. The summed E-state index contributed by atoms with van der Waals surface area (Å²) in [5.41, 5.74) is 7.23. The lowest BCUT2D eigenvalue weighted by Crippen LogP contribution is -2.31. The maximum absolute atomic E-state index is 6.00. The van der Waals surface area contributed by atoms with E-state index in [0.717, 1.165) is 6.54 Å². The second-order valence-electron chi connectivity index (χ2n) is 5.04. The molecule has 0 saturated heterocycles. The fourth-order valence-corrected chi connectivity index (χ4v) is 2.51. The van der Waals surface area contributed by atoms with E-state index in [1.807, 2.05) is 18.5 Å². The van der Waals surface area contributed by atoms with E-state index in [-0.39, 0.29) is 6.04 Å². The summed E-state index contributed by atoms with van der Waals surface area (Å²) in [4.78, 5) is 6.70. The van der Waals surface area contributed by atoms with Gasteiger partial charge in [-0.25, -0.2) is 0 Å². The highest BCUT2D eigenvalue weighted by Gasteiger charge is 2.17. The molecule has 2 rings (SSSR count). The van der Waals surface area contributed by atoms with Crippen molar-refractivity contribution in [3.8, 4) is 0 Å². The topological polar surface area (TPSA) is 42.1 Å². The second-order valence-corrected chi connectivity index (χ2v) is 5.04. The molecule has 102 valence electrons. The zero-order valence-electron chi connectivity index (χ0n) is 11.8. The minimum Gasteiger partial charge on any atom is -0.329 e. The predicted octanol–water partition coefficient (Wildman–Crippen LogP) is 2.97. The maximum atomic E-state index is 6.00. The fraction of sp³-hybridized carbons (Fsp3) is 0.438. The molecule has 0 aliphatic rings. The fourth-order valence-electron chi connectivity index (χ4n) is 2.51. The highest BCUT2D eigenvalue weighted by molar-refractivity contribution is 5.85. The van der Waals surface area contributed by atoms with Crippen LogP contribution in [0.4, 0.5) is 0 Å². The third-order valence-corrected chi connectivity index (χ3v) is 3.68. The lowest BCUT2D eigenvalue weighted by Gasteiger charge is -2.28. The van der Waals surface area contributed by atoms with Crippen LogP contribution in [0.15, 0.2) is 36.7 Å².